The lowest BCUT2D eigenvalue weighted by molar-refractivity contribution is -0.0868. The van der Waals surface area contributed by atoms with Crippen LogP contribution in [0, 0.1) is 0 Å². The molecule has 0 atom stereocenters. The molecular formula is C6H7FO. The molecular weight excluding hydrogens is 107 g/mol. The summed E-state index contributed by atoms with van der Waals surface area (Å²) in [7, 11) is 0. The molecule has 0 fully saturated rings. The van der Waals surface area contributed by atoms with Crippen molar-refractivity contribution in [1.82, 2.24) is 0 Å². The summed E-state index contributed by atoms with van der Waals surface area (Å²) < 4.78 is 11.3. The molecule has 0 unspecified atom stereocenters. The molecule has 2 heteroatoms. The van der Waals surface area contributed by atoms with Gasteiger partial charge in [0.2, 0.25) is 0 Å². The highest BCUT2D eigenvalue weighted by molar-refractivity contribution is 5.12. The van der Waals surface area contributed by atoms with Crippen molar-refractivity contribution in [1.29, 1.82) is 0 Å². The Hall–Kier alpha value is -0.790. The summed E-state index contributed by atoms with van der Waals surface area (Å²) in [4.78, 5) is 3.50. The molecule has 1 nitrogen and oxygen atoms in total. The van der Waals surface area contributed by atoms with Gasteiger partial charge < -0.3 is 0 Å². The molecule has 0 saturated carbocycles. The van der Waals surface area contributed by atoms with Crippen LogP contribution in [-0.2, 0) is 4.94 Å². The highest BCUT2D eigenvalue weighted by atomic mass is 19.3. The summed E-state index contributed by atoms with van der Waals surface area (Å²) in [6, 6.07) is 0. The molecule has 0 bridgehead atoms. The average molecular weight is 114 g/mol. The van der Waals surface area contributed by atoms with Gasteiger partial charge in [0, 0.05) is 10.9 Å². The van der Waals surface area contributed by atoms with Gasteiger partial charge in [0.05, 0.1) is 0 Å². The third kappa shape index (κ3) is 1.09. The van der Waals surface area contributed by atoms with Crippen molar-refractivity contribution in [3.8, 4) is 0 Å². The molecule has 0 amide bonds. The van der Waals surface area contributed by atoms with Crippen molar-refractivity contribution >= 4 is 0 Å². The van der Waals surface area contributed by atoms with E-state index in [-0.39, 0.29) is 0 Å². The quantitative estimate of drug-likeness (QED) is 0.507. The monoisotopic (exact) mass is 114 g/mol. The minimum Gasteiger partial charge on any atom is -0.299 e. The molecule has 0 aromatic heterocycles. The largest absolute Gasteiger partial charge is 0.299 e. The first-order chi connectivity index (χ1) is 3.93. The molecule has 0 aromatic carbocycles. The molecule has 0 aliphatic heterocycles. The van der Waals surface area contributed by atoms with Gasteiger partial charge in [-0.2, -0.15) is 0 Å². The summed E-state index contributed by atoms with van der Waals surface area (Å²) in [6.45, 7) is 0. The highest BCUT2D eigenvalue weighted by Gasteiger charge is 1.98. The molecule has 0 aromatic rings. The topological polar surface area (TPSA) is 9.23 Å². The predicted octanol–water partition coefficient (Wildman–Crippen LogP) is 2.12. The molecule has 1 aliphatic carbocycles. The average Bonchev–Trinajstić information content (AvgIpc) is 1.90. The molecule has 1 rings (SSSR count). The first kappa shape index (κ1) is 5.35. The van der Waals surface area contributed by atoms with E-state index in [0.29, 0.717) is 12.2 Å². The molecule has 0 heterocycles. The van der Waals surface area contributed by atoms with E-state index in [4.69, 9.17) is 0 Å². The van der Waals surface area contributed by atoms with Crippen LogP contribution < -0.4 is 0 Å². The highest BCUT2D eigenvalue weighted by Crippen LogP contribution is 2.12. The lowest BCUT2D eigenvalue weighted by atomic mass is 10.2. The second-order valence-corrected chi connectivity index (χ2v) is 1.68. The van der Waals surface area contributed by atoms with Gasteiger partial charge in [-0.25, -0.2) is 0 Å². The zero-order valence-electron chi connectivity index (χ0n) is 4.43. The lowest BCUT2D eigenvalue weighted by Gasteiger charge is -1.99. The van der Waals surface area contributed by atoms with Crippen LogP contribution in [0.1, 0.15) is 12.8 Å². The van der Waals surface area contributed by atoms with E-state index in [1.54, 1.807) is 12.2 Å². The molecule has 0 radical (unpaired) electrons. The van der Waals surface area contributed by atoms with E-state index < -0.39 is 0 Å². The fourth-order valence-electron chi connectivity index (χ4n) is 0.645. The van der Waals surface area contributed by atoms with Crippen LogP contribution in [0.25, 0.3) is 0 Å². The van der Waals surface area contributed by atoms with Crippen LogP contribution in [-0.4, -0.2) is 0 Å². The van der Waals surface area contributed by atoms with Gasteiger partial charge in [-0.05, 0) is 12.5 Å². The molecule has 1 aliphatic rings. The summed E-state index contributed by atoms with van der Waals surface area (Å²) in [6.07, 6.45) is 6.97. The summed E-state index contributed by atoms with van der Waals surface area (Å²) in [5.74, 6) is 0.424. The SMILES string of the molecule is FOC1=CC=CCC1. The van der Waals surface area contributed by atoms with Gasteiger partial charge in [0.15, 0.2) is 0 Å². The van der Waals surface area contributed by atoms with Crippen molar-refractivity contribution in [2.24, 2.45) is 0 Å². The maximum absolute atomic E-state index is 11.3. The third-order valence-corrected chi connectivity index (χ3v) is 1.07. The van der Waals surface area contributed by atoms with Crippen LogP contribution in [0.2, 0.25) is 0 Å². The Labute approximate surface area is 47.4 Å². The molecule has 0 saturated heterocycles. The Morgan fingerprint density at radius 2 is 2.50 bits per heavy atom. The maximum atomic E-state index is 11.3. The minimum absolute atomic E-state index is 0.424. The molecule has 0 N–H and O–H groups in total. The fourth-order valence-corrected chi connectivity index (χ4v) is 0.645. The Morgan fingerprint density at radius 1 is 1.62 bits per heavy atom. The van der Waals surface area contributed by atoms with E-state index in [9.17, 15) is 4.53 Å². The van der Waals surface area contributed by atoms with Gasteiger partial charge in [0.25, 0.3) is 0 Å². The number of allylic oxidation sites excluding steroid dienone is 4. The third-order valence-electron chi connectivity index (χ3n) is 1.07. The first-order valence-corrected chi connectivity index (χ1v) is 2.58. The van der Waals surface area contributed by atoms with E-state index >= 15 is 0 Å². The van der Waals surface area contributed by atoms with Crippen molar-refractivity contribution in [2.75, 3.05) is 0 Å². The van der Waals surface area contributed by atoms with Gasteiger partial charge in [-0.3, -0.25) is 4.94 Å². The van der Waals surface area contributed by atoms with Crippen molar-refractivity contribution in [3.63, 3.8) is 0 Å². The Morgan fingerprint density at radius 3 is 2.88 bits per heavy atom. The van der Waals surface area contributed by atoms with Gasteiger partial charge in [-0.15, -0.1) is 0 Å². The Balaban J connectivity index is 2.50. The van der Waals surface area contributed by atoms with Crippen LogP contribution >= 0.6 is 0 Å². The van der Waals surface area contributed by atoms with E-state index in [0.717, 1.165) is 6.42 Å². The number of hydrogen-bond acceptors (Lipinski definition) is 1. The van der Waals surface area contributed by atoms with Crippen molar-refractivity contribution < 1.29 is 9.47 Å². The maximum Gasteiger partial charge on any atom is 0.149 e. The van der Waals surface area contributed by atoms with Crippen LogP contribution in [0.3, 0.4) is 0 Å². The summed E-state index contributed by atoms with van der Waals surface area (Å²) in [5.41, 5.74) is 0. The normalized spacial score (nSPS) is 17.9. The predicted molar refractivity (Wildman–Crippen MR) is 28.6 cm³/mol. The minimum atomic E-state index is 0.424. The fraction of sp³-hybridized carbons (Fsp3) is 0.333. The molecule has 0 spiro atoms. The van der Waals surface area contributed by atoms with E-state index in [2.05, 4.69) is 4.94 Å². The van der Waals surface area contributed by atoms with Crippen LogP contribution in [0.5, 0.6) is 0 Å². The standard InChI is InChI=1S/C6H7FO/c7-8-6-4-2-1-3-5-6/h1-2,4H,3,5H2. The van der Waals surface area contributed by atoms with Gasteiger partial charge in [-0.1, -0.05) is 12.2 Å². The summed E-state index contributed by atoms with van der Waals surface area (Å²) >= 11 is 0. The first-order valence-electron chi connectivity index (χ1n) is 2.58. The summed E-state index contributed by atoms with van der Waals surface area (Å²) in [5, 5.41) is 0. The van der Waals surface area contributed by atoms with Gasteiger partial charge in [0.1, 0.15) is 5.76 Å². The Bertz CT molecular complexity index is 126. The molecule has 8 heavy (non-hydrogen) atoms. The smallest absolute Gasteiger partial charge is 0.149 e. The van der Waals surface area contributed by atoms with Crippen LogP contribution in [0.15, 0.2) is 24.0 Å². The Kier molecular flexibility index (Phi) is 1.67. The van der Waals surface area contributed by atoms with Gasteiger partial charge >= 0.3 is 0 Å². The number of hydrogen-bond donors (Lipinski definition) is 0. The lowest BCUT2D eigenvalue weighted by Crippen LogP contribution is -1.85. The molecule has 44 valence electrons. The number of rotatable bonds is 1. The van der Waals surface area contributed by atoms with Crippen molar-refractivity contribution in [3.05, 3.63) is 24.0 Å². The second-order valence-electron chi connectivity index (χ2n) is 1.68. The van der Waals surface area contributed by atoms with Crippen molar-refractivity contribution in [2.45, 2.75) is 12.8 Å². The van der Waals surface area contributed by atoms with E-state index in [1.807, 2.05) is 6.08 Å². The van der Waals surface area contributed by atoms with Crippen LogP contribution in [0.4, 0.5) is 4.53 Å². The second kappa shape index (κ2) is 2.50. The zero-order chi connectivity index (χ0) is 5.82. The van der Waals surface area contributed by atoms with E-state index in [1.165, 1.54) is 0 Å². The number of halogens is 1. The zero-order valence-corrected chi connectivity index (χ0v) is 4.43.